The van der Waals surface area contributed by atoms with E-state index in [4.69, 9.17) is 12.2 Å². The summed E-state index contributed by atoms with van der Waals surface area (Å²) < 4.78 is 0. The summed E-state index contributed by atoms with van der Waals surface area (Å²) in [5.74, 6) is 0.0260. The molecule has 4 heteroatoms. The van der Waals surface area contributed by atoms with E-state index in [1.165, 1.54) is 0 Å². The molecule has 0 bridgehead atoms. The summed E-state index contributed by atoms with van der Waals surface area (Å²) in [4.78, 5) is 15.9. The van der Waals surface area contributed by atoms with Crippen molar-refractivity contribution in [2.45, 2.75) is 6.92 Å². The second-order valence-corrected chi connectivity index (χ2v) is 3.76. The molecule has 12 heavy (non-hydrogen) atoms. The second kappa shape index (κ2) is 3.96. The molecule has 0 aromatic rings. The Bertz CT molecular complexity index is 197. The number of carbonyl (C=O) groups is 1. The van der Waals surface area contributed by atoms with Gasteiger partial charge < -0.3 is 9.80 Å². The summed E-state index contributed by atoms with van der Waals surface area (Å²) in [6, 6.07) is 0. The quantitative estimate of drug-likeness (QED) is 0.545. The van der Waals surface area contributed by atoms with Crippen LogP contribution in [0.5, 0.6) is 0 Å². The molecule has 3 nitrogen and oxygen atoms in total. The zero-order valence-electron chi connectivity index (χ0n) is 7.54. The highest BCUT2D eigenvalue weighted by molar-refractivity contribution is 7.82. The molecule has 1 fully saturated rings. The van der Waals surface area contributed by atoms with Gasteiger partial charge in [-0.2, -0.15) is 0 Å². The van der Waals surface area contributed by atoms with Crippen molar-refractivity contribution in [3.8, 4) is 0 Å². The van der Waals surface area contributed by atoms with E-state index in [-0.39, 0.29) is 5.91 Å². The predicted octanol–water partition coefficient (Wildman–Crippen LogP) is 0.150. The molecule has 0 spiro atoms. The van der Waals surface area contributed by atoms with Crippen LogP contribution in [0.1, 0.15) is 6.92 Å². The summed E-state index contributed by atoms with van der Waals surface area (Å²) in [5.41, 5.74) is 0. The van der Waals surface area contributed by atoms with Crippen LogP contribution in [0.4, 0.5) is 0 Å². The lowest BCUT2D eigenvalue weighted by Gasteiger charge is -2.32. The van der Waals surface area contributed by atoms with E-state index in [0.29, 0.717) is 4.86 Å². The van der Waals surface area contributed by atoms with Gasteiger partial charge in [0, 0.05) is 26.2 Å². The number of amides is 1. The first-order valence-corrected chi connectivity index (χ1v) is 4.50. The number of hydrogen-bond acceptors (Lipinski definition) is 3. The molecule has 1 aliphatic heterocycles. The van der Waals surface area contributed by atoms with Crippen molar-refractivity contribution in [1.82, 2.24) is 9.80 Å². The fraction of sp³-hybridized carbons (Fsp3) is 0.750. The second-order valence-electron chi connectivity index (χ2n) is 3.15. The number of thiocarbonyl (C=S) groups is 1. The zero-order valence-corrected chi connectivity index (χ0v) is 8.36. The minimum Gasteiger partial charge on any atom is -0.336 e. The lowest BCUT2D eigenvalue weighted by molar-refractivity contribution is -0.125. The largest absolute Gasteiger partial charge is 0.336 e. The smallest absolute Gasteiger partial charge is 0.260 e. The Morgan fingerprint density at radius 2 is 1.75 bits per heavy atom. The minimum absolute atomic E-state index is 0.0260. The van der Waals surface area contributed by atoms with Crippen molar-refractivity contribution < 1.29 is 4.79 Å². The van der Waals surface area contributed by atoms with Crippen molar-refractivity contribution in [3.05, 3.63) is 0 Å². The number of carbonyl (C=O) groups excluding carboxylic acids is 1. The lowest BCUT2D eigenvalue weighted by Crippen LogP contribution is -2.48. The number of likely N-dealkylation sites (N-methyl/N-ethyl adjacent to an activating group) is 1. The van der Waals surface area contributed by atoms with Gasteiger partial charge in [-0.1, -0.05) is 12.2 Å². The SMILES string of the molecule is CC(=S)C(=O)N1CCN(C)CC1. The molecular formula is C8H14N2OS. The normalized spacial score (nSPS) is 19.3. The van der Waals surface area contributed by atoms with Crippen LogP contribution in [0.25, 0.3) is 0 Å². The third-order valence-corrected chi connectivity index (χ3v) is 2.27. The van der Waals surface area contributed by atoms with E-state index in [1.807, 2.05) is 4.90 Å². The van der Waals surface area contributed by atoms with E-state index in [0.717, 1.165) is 26.2 Å². The van der Waals surface area contributed by atoms with Gasteiger partial charge >= 0.3 is 0 Å². The molecule has 1 rings (SSSR count). The van der Waals surface area contributed by atoms with Crippen LogP contribution in [0.2, 0.25) is 0 Å². The zero-order chi connectivity index (χ0) is 9.14. The molecule has 1 heterocycles. The summed E-state index contributed by atoms with van der Waals surface area (Å²) >= 11 is 4.82. The Balaban J connectivity index is 2.44. The molecule has 0 aromatic heterocycles. The third-order valence-electron chi connectivity index (χ3n) is 2.09. The summed E-state index contributed by atoms with van der Waals surface area (Å²) in [6.07, 6.45) is 0. The maximum Gasteiger partial charge on any atom is 0.260 e. The van der Waals surface area contributed by atoms with Gasteiger partial charge in [0.25, 0.3) is 5.91 Å². The molecule has 1 amide bonds. The molecule has 0 saturated carbocycles. The van der Waals surface area contributed by atoms with Gasteiger partial charge in [0.1, 0.15) is 0 Å². The lowest BCUT2D eigenvalue weighted by atomic mass is 10.3. The monoisotopic (exact) mass is 186 g/mol. The Morgan fingerprint density at radius 3 is 2.17 bits per heavy atom. The summed E-state index contributed by atoms with van der Waals surface area (Å²) in [5, 5.41) is 0. The fourth-order valence-corrected chi connectivity index (χ4v) is 1.36. The van der Waals surface area contributed by atoms with Crippen LogP contribution < -0.4 is 0 Å². The van der Waals surface area contributed by atoms with Gasteiger partial charge in [0.05, 0.1) is 4.86 Å². The van der Waals surface area contributed by atoms with E-state index < -0.39 is 0 Å². The molecule has 0 N–H and O–H groups in total. The van der Waals surface area contributed by atoms with Gasteiger partial charge in [-0.25, -0.2) is 0 Å². The topological polar surface area (TPSA) is 23.6 Å². The number of rotatable bonds is 1. The predicted molar refractivity (Wildman–Crippen MR) is 52.3 cm³/mol. The maximum atomic E-state index is 11.4. The van der Waals surface area contributed by atoms with Gasteiger partial charge in [-0.15, -0.1) is 0 Å². The Hall–Kier alpha value is -0.480. The molecular weight excluding hydrogens is 172 g/mol. The van der Waals surface area contributed by atoms with Crippen LogP contribution >= 0.6 is 12.2 Å². The van der Waals surface area contributed by atoms with E-state index in [9.17, 15) is 4.79 Å². The van der Waals surface area contributed by atoms with Gasteiger partial charge in [-0.05, 0) is 14.0 Å². The summed E-state index contributed by atoms with van der Waals surface area (Å²) in [6.45, 7) is 5.21. The van der Waals surface area contributed by atoms with Crippen molar-refractivity contribution in [2.75, 3.05) is 33.2 Å². The number of hydrogen-bond donors (Lipinski definition) is 0. The Morgan fingerprint density at radius 1 is 1.25 bits per heavy atom. The molecule has 68 valence electrons. The number of nitrogens with zero attached hydrogens (tertiary/aromatic N) is 2. The van der Waals surface area contributed by atoms with Gasteiger partial charge in [-0.3, -0.25) is 4.79 Å². The van der Waals surface area contributed by atoms with Crippen LogP contribution in [0, 0.1) is 0 Å². The van der Waals surface area contributed by atoms with Gasteiger partial charge in [0.15, 0.2) is 0 Å². The first-order valence-electron chi connectivity index (χ1n) is 4.09. The van der Waals surface area contributed by atoms with E-state index in [1.54, 1.807) is 6.92 Å². The average Bonchev–Trinajstić information content (AvgIpc) is 2.04. The average molecular weight is 186 g/mol. The van der Waals surface area contributed by atoms with Crippen molar-refractivity contribution >= 4 is 23.0 Å². The fourth-order valence-electron chi connectivity index (χ4n) is 1.23. The molecule has 1 aliphatic rings. The van der Waals surface area contributed by atoms with E-state index >= 15 is 0 Å². The number of piperazine rings is 1. The highest BCUT2D eigenvalue weighted by Crippen LogP contribution is 2.00. The van der Waals surface area contributed by atoms with Crippen molar-refractivity contribution in [2.24, 2.45) is 0 Å². The van der Waals surface area contributed by atoms with Gasteiger partial charge in [0.2, 0.25) is 0 Å². The Kier molecular flexibility index (Phi) is 3.17. The first kappa shape index (κ1) is 9.61. The van der Waals surface area contributed by atoms with Crippen molar-refractivity contribution in [3.63, 3.8) is 0 Å². The molecule has 1 saturated heterocycles. The van der Waals surface area contributed by atoms with Crippen LogP contribution in [0.15, 0.2) is 0 Å². The molecule has 0 atom stereocenters. The molecule has 0 radical (unpaired) electrons. The van der Waals surface area contributed by atoms with Crippen LogP contribution in [-0.4, -0.2) is 53.8 Å². The van der Waals surface area contributed by atoms with Crippen LogP contribution in [-0.2, 0) is 4.79 Å². The molecule has 0 aliphatic carbocycles. The third kappa shape index (κ3) is 2.25. The first-order chi connectivity index (χ1) is 5.61. The minimum atomic E-state index is 0.0260. The standard InChI is InChI=1S/C8H14N2OS/c1-7(12)8(11)10-5-3-9(2)4-6-10/h3-6H2,1-2H3. The highest BCUT2D eigenvalue weighted by Gasteiger charge is 2.19. The maximum absolute atomic E-state index is 11.4. The van der Waals surface area contributed by atoms with E-state index in [2.05, 4.69) is 11.9 Å². The van der Waals surface area contributed by atoms with Crippen LogP contribution in [0.3, 0.4) is 0 Å². The Labute approximate surface area is 78.3 Å². The molecule has 0 unspecified atom stereocenters. The van der Waals surface area contributed by atoms with Crippen molar-refractivity contribution in [1.29, 1.82) is 0 Å². The summed E-state index contributed by atoms with van der Waals surface area (Å²) in [7, 11) is 2.06. The highest BCUT2D eigenvalue weighted by atomic mass is 32.1. The molecule has 0 aromatic carbocycles.